The lowest BCUT2D eigenvalue weighted by Crippen LogP contribution is -2.56. The quantitative estimate of drug-likeness (QED) is 0.650. The topological polar surface area (TPSA) is 119 Å². The summed E-state index contributed by atoms with van der Waals surface area (Å²) in [7, 11) is 0. The molecule has 1 aromatic rings. The van der Waals surface area contributed by atoms with Crippen molar-refractivity contribution >= 4 is 17.8 Å². The lowest BCUT2D eigenvalue weighted by Gasteiger charge is -2.26. The Bertz CT molecular complexity index is 547. The summed E-state index contributed by atoms with van der Waals surface area (Å²) in [6.45, 7) is 0.577. The average Bonchev–Trinajstić information content (AvgIpc) is 2.93. The highest BCUT2D eigenvalue weighted by Gasteiger charge is 2.32. The van der Waals surface area contributed by atoms with Crippen molar-refractivity contribution < 1.29 is 14.4 Å². The van der Waals surface area contributed by atoms with Gasteiger partial charge in [0.05, 0.1) is 0 Å². The van der Waals surface area contributed by atoms with Gasteiger partial charge in [0.1, 0.15) is 0 Å². The number of nitrogens with one attached hydrogen (secondary N) is 1. The molecule has 7 nitrogen and oxygen atoms in total. The Morgan fingerprint density at radius 2 is 1.82 bits per heavy atom. The fourth-order valence-corrected chi connectivity index (χ4v) is 2.69. The minimum Gasteiger partial charge on any atom is -0.367 e. The zero-order chi connectivity index (χ0) is 16.1. The van der Waals surface area contributed by atoms with Gasteiger partial charge in [0.15, 0.2) is 6.04 Å². The monoisotopic (exact) mass is 304 g/mol. The number of nitrogens with two attached hydrogens (primary N) is 2. The van der Waals surface area contributed by atoms with E-state index in [1.807, 2.05) is 30.3 Å². The molecule has 0 saturated carbocycles. The summed E-state index contributed by atoms with van der Waals surface area (Å²) in [6.07, 6.45) is 2.48. The molecule has 1 fully saturated rings. The van der Waals surface area contributed by atoms with Gasteiger partial charge < -0.3 is 21.7 Å². The molecule has 1 heterocycles. The predicted octanol–water partition coefficient (Wildman–Crippen LogP) is -0.258. The molecule has 4 amide bonds. The highest BCUT2D eigenvalue weighted by atomic mass is 16.2. The molecule has 1 atom stereocenters. The molecule has 0 radical (unpaired) electrons. The molecule has 0 unspecified atom stereocenters. The van der Waals surface area contributed by atoms with E-state index in [9.17, 15) is 14.4 Å². The van der Waals surface area contributed by atoms with Crippen LogP contribution in [-0.2, 0) is 16.0 Å². The van der Waals surface area contributed by atoms with E-state index in [1.54, 1.807) is 4.90 Å². The lowest BCUT2D eigenvalue weighted by molar-refractivity contribution is -0.128. The van der Waals surface area contributed by atoms with Gasteiger partial charge >= 0.3 is 6.03 Å². The minimum absolute atomic E-state index is 0.0313. The van der Waals surface area contributed by atoms with Gasteiger partial charge in [-0.15, -0.1) is 0 Å². The van der Waals surface area contributed by atoms with Crippen LogP contribution in [0, 0.1) is 0 Å². The van der Waals surface area contributed by atoms with Gasteiger partial charge in [0.2, 0.25) is 11.8 Å². The summed E-state index contributed by atoms with van der Waals surface area (Å²) in [5, 5.41) is 2.31. The van der Waals surface area contributed by atoms with E-state index in [1.165, 1.54) is 0 Å². The van der Waals surface area contributed by atoms with Crippen molar-refractivity contribution in [1.82, 2.24) is 10.2 Å². The van der Waals surface area contributed by atoms with Crippen LogP contribution in [0.15, 0.2) is 30.3 Å². The molecule has 118 valence electrons. The van der Waals surface area contributed by atoms with Crippen molar-refractivity contribution in [2.45, 2.75) is 31.3 Å². The average molecular weight is 304 g/mol. The van der Waals surface area contributed by atoms with E-state index in [0.29, 0.717) is 6.54 Å². The van der Waals surface area contributed by atoms with Crippen LogP contribution in [0.1, 0.15) is 18.4 Å². The second-order valence-electron chi connectivity index (χ2n) is 5.37. The molecule has 5 N–H and O–H groups in total. The van der Waals surface area contributed by atoms with Crippen LogP contribution < -0.4 is 16.8 Å². The number of amides is 4. The Kier molecular flexibility index (Phi) is 4.98. The highest BCUT2D eigenvalue weighted by Crippen LogP contribution is 2.21. The van der Waals surface area contributed by atoms with Crippen molar-refractivity contribution in [2.75, 3.05) is 6.54 Å². The molecule has 0 aromatic heterocycles. The number of hydrogen-bond acceptors (Lipinski definition) is 3. The minimum atomic E-state index is -1.48. The van der Waals surface area contributed by atoms with Gasteiger partial charge in [0.25, 0.3) is 0 Å². The van der Waals surface area contributed by atoms with E-state index in [2.05, 4.69) is 5.32 Å². The Balaban J connectivity index is 2.02. The molecule has 0 bridgehead atoms. The lowest BCUT2D eigenvalue weighted by atomic mass is 10.0. The zero-order valence-corrected chi connectivity index (χ0v) is 12.2. The highest BCUT2D eigenvalue weighted by molar-refractivity contribution is 6.05. The van der Waals surface area contributed by atoms with Gasteiger partial charge in [-0.3, -0.25) is 9.59 Å². The van der Waals surface area contributed by atoms with Crippen LogP contribution in [0.4, 0.5) is 4.79 Å². The Labute approximate surface area is 128 Å². The number of primary amides is 2. The Morgan fingerprint density at radius 3 is 2.41 bits per heavy atom. The normalized spacial score (nSPS) is 17.5. The molecule has 0 aliphatic carbocycles. The van der Waals surface area contributed by atoms with Crippen LogP contribution in [0.25, 0.3) is 0 Å². The Hall–Kier alpha value is -2.57. The first-order valence-corrected chi connectivity index (χ1v) is 7.18. The molecule has 7 heteroatoms. The number of benzene rings is 1. The summed E-state index contributed by atoms with van der Waals surface area (Å²) >= 11 is 0. The van der Waals surface area contributed by atoms with Crippen molar-refractivity contribution in [3.05, 3.63) is 35.9 Å². The fourth-order valence-electron chi connectivity index (χ4n) is 2.69. The van der Waals surface area contributed by atoms with Crippen molar-refractivity contribution in [3.8, 4) is 0 Å². The summed E-state index contributed by atoms with van der Waals surface area (Å²) in [5.74, 6) is -1.92. The number of hydrogen-bond donors (Lipinski definition) is 3. The molecule has 0 spiro atoms. The number of likely N-dealkylation sites (tertiary alicyclic amines) is 1. The van der Waals surface area contributed by atoms with E-state index in [-0.39, 0.29) is 6.04 Å². The largest absolute Gasteiger partial charge is 0.367 e. The van der Waals surface area contributed by atoms with E-state index in [4.69, 9.17) is 11.5 Å². The second-order valence-corrected chi connectivity index (χ2v) is 5.37. The number of urea groups is 1. The maximum atomic E-state index is 12.3. The first-order valence-electron chi connectivity index (χ1n) is 7.18. The second kappa shape index (κ2) is 6.93. The van der Waals surface area contributed by atoms with Crippen LogP contribution in [0.5, 0.6) is 0 Å². The smallest absolute Gasteiger partial charge is 0.318 e. The van der Waals surface area contributed by atoms with Crippen LogP contribution in [-0.4, -0.2) is 41.4 Å². The van der Waals surface area contributed by atoms with Gasteiger partial charge in [-0.25, -0.2) is 4.79 Å². The molecule has 1 aliphatic rings. The summed E-state index contributed by atoms with van der Waals surface area (Å²) < 4.78 is 0. The summed E-state index contributed by atoms with van der Waals surface area (Å²) in [6, 6.07) is 7.91. The summed E-state index contributed by atoms with van der Waals surface area (Å²) in [4.78, 5) is 36.2. The third-order valence-electron chi connectivity index (χ3n) is 3.79. The van der Waals surface area contributed by atoms with Crippen molar-refractivity contribution in [3.63, 3.8) is 0 Å². The molecule has 2 rings (SSSR count). The van der Waals surface area contributed by atoms with Gasteiger partial charge in [-0.2, -0.15) is 0 Å². The standard InChI is InChI=1S/C15H20N4O3/c16-13(20)12(14(17)21)18-15(22)19-8-4-7-11(19)9-10-5-2-1-3-6-10/h1-3,5-6,11-12H,4,7-9H2,(H2,16,20)(H2,17,21)(H,18,22)/t11-/m1/s1. The third-order valence-corrected chi connectivity index (χ3v) is 3.79. The number of nitrogens with zero attached hydrogens (tertiary/aromatic N) is 1. The third kappa shape index (κ3) is 3.75. The van der Waals surface area contributed by atoms with Crippen LogP contribution >= 0.6 is 0 Å². The number of carbonyl (C=O) groups is 3. The summed E-state index contributed by atoms with van der Waals surface area (Å²) in [5.41, 5.74) is 11.3. The van der Waals surface area contributed by atoms with Crippen LogP contribution in [0.2, 0.25) is 0 Å². The van der Waals surface area contributed by atoms with Gasteiger partial charge in [0, 0.05) is 12.6 Å². The molecular weight excluding hydrogens is 284 g/mol. The van der Waals surface area contributed by atoms with Gasteiger partial charge in [-0.05, 0) is 24.8 Å². The van der Waals surface area contributed by atoms with Crippen LogP contribution in [0.3, 0.4) is 0 Å². The fraction of sp³-hybridized carbons (Fsp3) is 0.400. The zero-order valence-electron chi connectivity index (χ0n) is 12.2. The number of carbonyl (C=O) groups excluding carboxylic acids is 3. The SMILES string of the molecule is NC(=O)C(NC(=O)N1CCC[C@@H]1Cc1ccccc1)C(N)=O. The van der Waals surface area contributed by atoms with E-state index >= 15 is 0 Å². The van der Waals surface area contributed by atoms with Gasteiger partial charge in [-0.1, -0.05) is 30.3 Å². The molecule has 1 saturated heterocycles. The van der Waals surface area contributed by atoms with E-state index < -0.39 is 23.9 Å². The maximum Gasteiger partial charge on any atom is 0.318 e. The Morgan fingerprint density at radius 1 is 1.18 bits per heavy atom. The molecule has 22 heavy (non-hydrogen) atoms. The maximum absolute atomic E-state index is 12.3. The predicted molar refractivity (Wildman–Crippen MR) is 80.6 cm³/mol. The van der Waals surface area contributed by atoms with Crippen molar-refractivity contribution in [2.24, 2.45) is 11.5 Å². The molecule has 1 aliphatic heterocycles. The van der Waals surface area contributed by atoms with Crippen molar-refractivity contribution in [1.29, 1.82) is 0 Å². The first-order chi connectivity index (χ1) is 10.5. The van der Waals surface area contributed by atoms with E-state index in [0.717, 1.165) is 24.8 Å². The number of rotatable bonds is 5. The first kappa shape index (κ1) is 15.8. The molecular formula is C15H20N4O3. The molecule has 1 aromatic carbocycles.